The lowest BCUT2D eigenvalue weighted by Gasteiger charge is -2.31. The highest BCUT2D eigenvalue weighted by Gasteiger charge is 2.35. The lowest BCUT2D eigenvalue weighted by Crippen LogP contribution is -2.50. The predicted molar refractivity (Wildman–Crippen MR) is 126 cm³/mol. The standard InChI is InChI=1S/C22H25ClF3N3O5S/c1-14(21(31)27-2)28(12-15-5-8-17(34-3)9-6-15)20(30)13-29(35(4,32)33)16-7-10-19(23)18(11-16)22(24,25)26/h5-11,14H,12-13H2,1-4H3,(H,27,31). The maximum atomic E-state index is 13.3. The van der Waals surface area contributed by atoms with Crippen molar-refractivity contribution in [3.8, 4) is 5.75 Å². The second kappa shape index (κ2) is 11.2. The van der Waals surface area contributed by atoms with E-state index < -0.39 is 56.9 Å². The van der Waals surface area contributed by atoms with Crippen LogP contribution in [-0.4, -0.2) is 58.1 Å². The molecular weight excluding hydrogens is 511 g/mol. The van der Waals surface area contributed by atoms with Crippen LogP contribution in [0.3, 0.4) is 0 Å². The normalized spacial score (nSPS) is 12.6. The van der Waals surface area contributed by atoms with Crippen molar-refractivity contribution in [1.29, 1.82) is 0 Å². The number of carbonyl (C=O) groups excluding carboxylic acids is 2. The van der Waals surface area contributed by atoms with E-state index >= 15 is 0 Å². The van der Waals surface area contributed by atoms with Crippen molar-refractivity contribution in [2.75, 3.05) is 31.3 Å². The third-order valence-electron chi connectivity index (χ3n) is 5.15. The zero-order valence-corrected chi connectivity index (χ0v) is 21.0. The smallest absolute Gasteiger partial charge is 0.417 e. The number of anilines is 1. The number of amides is 2. The number of methoxy groups -OCH3 is 1. The molecule has 0 aliphatic rings. The molecule has 1 unspecified atom stereocenters. The van der Waals surface area contributed by atoms with Crippen molar-refractivity contribution < 1.29 is 35.9 Å². The summed E-state index contributed by atoms with van der Waals surface area (Å²) in [6.45, 7) is 0.549. The molecule has 0 aliphatic heterocycles. The third kappa shape index (κ3) is 7.25. The largest absolute Gasteiger partial charge is 0.497 e. The molecule has 13 heteroatoms. The fraction of sp³-hybridized carbons (Fsp3) is 0.364. The van der Waals surface area contributed by atoms with Crippen LogP contribution in [0.25, 0.3) is 0 Å². The molecule has 0 saturated heterocycles. The molecule has 2 amide bonds. The summed E-state index contributed by atoms with van der Waals surface area (Å²) >= 11 is 5.64. The molecule has 0 bridgehead atoms. The van der Waals surface area contributed by atoms with Crippen LogP contribution < -0.4 is 14.4 Å². The van der Waals surface area contributed by atoms with Crippen molar-refractivity contribution in [2.24, 2.45) is 0 Å². The highest BCUT2D eigenvalue weighted by Crippen LogP contribution is 2.37. The Labute approximate surface area is 206 Å². The lowest BCUT2D eigenvalue weighted by molar-refractivity contribution is -0.139. The Morgan fingerprint density at radius 1 is 1.14 bits per heavy atom. The van der Waals surface area contributed by atoms with E-state index in [-0.39, 0.29) is 6.54 Å². The summed E-state index contributed by atoms with van der Waals surface area (Å²) in [5.74, 6) is -0.744. The van der Waals surface area contributed by atoms with Gasteiger partial charge in [0.1, 0.15) is 18.3 Å². The Bertz CT molecular complexity index is 1170. The molecule has 0 spiro atoms. The molecule has 0 aliphatic carbocycles. The van der Waals surface area contributed by atoms with E-state index in [1.165, 1.54) is 21.1 Å². The fourth-order valence-corrected chi connectivity index (χ4v) is 4.28. The SMILES string of the molecule is CNC(=O)C(C)N(Cc1ccc(OC)cc1)C(=O)CN(c1ccc(Cl)c(C(F)(F)F)c1)S(C)(=O)=O. The number of halogens is 4. The van der Waals surface area contributed by atoms with E-state index in [4.69, 9.17) is 16.3 Å². The summed E-state index contributed by atoms with van der Waals surface area (Å²) in [6.07, 6.45) is -4.08. The van der Waals surface area contributed by atoms with Crippen LogP contribution in [-0.2, 0) is 32.3 Å². The minimum absolute atomic E-state index is 0.0660. The molecule has 8 nitrogen and oxygen atoms in total. The van der Waals surface area contributed by atoms with Crippen LogP contribution in [0.2, 0.25) is 5.02 Å². The summed E-state index contributed by atoms with van der Waals surface area (Å²) in [4.78, 5) is 26.7. The molecule has 1 N–H and O–H groups in total. The molecule has 1 atom stereocenters. The van der Waals surface area contributed by atoms with Gasteiger partial charge in [0.15, 0.2) is 0 Å². The number of ether oxygens (including phenoxy) is 1. The van der Waals surface area contributed by atoms with Crippen LogP contribution in [0, 0.1) is 0 Å². The maximum Gasteiger partial charge on any atom is 0.417 e. The van der Waals surface area contributed by atoms with E-state index in [1.54, 1.807) is 24.3 Å². The molecular formula is C22H25ClF3N3O5S. The summed E-state index contributed by atoms with van der Waals surface area (Å²) in [6, 6.07) is 8.17. The Balaban J connectivity index is 2.45. The van der Waals surface area contributed by atoms with Crippen LogP contribution in [0.1, 0.15) is 18.1 Å². The fourth-order valence-electron chi connectivity index (χ4n) is 3.22. The number of rotatable bonds is 9. The topological polar surface area (TPSA) is 96.0 Å². The van der Waals surface area contributed by atoms with Gasteiger partial charge in [-0.15, -0.1) is 0 Å². The van der Waals surface area contributed by atoms with Crippen molar-refractivity contribution in [3.63, 3.8) is 0 Å². The van der Waals surface area contributed by atoms with Crippen LogP contribution in [0.15, 0.2) is 42.5 Å². The number of benzene rings is 2. The van der Waals surface area contributed by atoms with Gasteiger partial charge in [-0.05, 0) is 42.8 Å². The summed E-state index contributed by atoms with van der Waals surface area (Å²) in [7, 11) is -1.33. The summed E-state index contributed by atoms with van der Waals surface area (Å²) < 4.78 is 70.6. The van der Waals surface area contributed by atoms with Gasteiger partial charge in [0, 0.05) is 13.6 Å². The second-order valence-electron chi connectivity index (χ2n) is 7.59. The number of hydrogen-bond donors (Lipinski definition) is 1. The first-order valence-electron chi connectivity index (χ1n) is 10.2. The minimum Gasteiger partial charge on any atom is -0.497 e. The van der Waals surface area contributed by atoms with E-state index in [0.717, 1.165) is 23.3 Å². The molecule has 192 valence electrons. The van der Waals surface area contributed by atoms with Crippen molar-refractivity contribution >= 4 is 39.1 Å². The molecule has 0 radical (unpaired) electrons. The number of carbonyl (C=O) groups is 2. The van der Waals surface area contributed by atoms with Gasteiger partial charge in [0.2, 0.25) is 21.8 Å². The van der Waals surface area contributed by atoms with Crippen LogP contribution in [0.5, 0.6) is 5.75 Å². The predicted octanol–water partition coefficient (Wildman–Crippen LogP) is 3.30. The van der Waals surface area contributed by atoms with Gasteiger partial charge in [-0.25, -0.2) is 8.42 Å². The van der Waals surface area contributed by atoms with Gasteiger partial charge in [-0.1, -0.05) is 23.7 Å². The zero-order chi connectivity index (χ0) is 26.6. The second-order valence-corrected chi connectivity index (χ2v) is 9.91. The van der Waals surface area contributed by atoms with E-state index in [2.05, 4.69) is 5.32 Å². The first-order valence-corrected chi connectivity index (χ1v) is 12.4. The number of likely N-dealkylation sites (N-methyl/N-ethyl adjacent to an activating group) is 1. The first-order chi connectivity index (χ1) is 16.2. The highest BCUT2D eigenvalue weighted by atomic mass is 35.5. The van der Waals surface area contributed by atoms with Gasteiger partial charge in [0.25, 0.3) is 0 Å². The zero-order valence-electron chi connectivity index (χ0n) is 19.4. The van der Waals surface area contributed by atoms with E-state index in [1.807, 2.05) is 0 Å². The number of hydrogen-bond acceptors (Lipinski definition) is 5. The monoisotopic (exact) mass is 535 g/mol. The Morgan fingerprint density at radius 3 is 2.23 bits per heavy atom. The molecule has 2 aromatic rings. The quantitative estimate of drug-likeness (QED) is 0.531. The van der Waals surface area contributed by atoms with Gasteiger partial charge in [-0.3, -0.25) is 13.9 Å². The van der Waals surface area contributed by atoms with Crippen molar-refractivity contribution in [2.45, 2.75) is 25.7 Å². The van der Waals surface area contributed by atoms with Crippen LogP contribution in [0.4, 0.5) is 18.9 Å². The Hall–Kier alpha value is -2.99. The van der Waals surface area contributed by atoms with Gasteiger partial charge >= 0.3 is 6.18 Å². The number of alkyl halides is 3. The highest BCUT2D eigenvalue weighted by molar-refractivity contribution is 7.92. The molecule has 35 heavy (non-hydrogen) atoms. The first kappa shape index (κ1) is 28.2. The molecule has 0 fully saturated rings. The number of sulfonamides is 1. The maximum absolute atomic E-state index is 13.3. The van der Waals surface area contributed by atoms with Crippen molar-refractivity contribution in [3.05, 3.63) is 58.6 Å². The molecule has 2 aromatic carbocycles. The Morgan fingerprint density at radius 2 is 1.74 bits per heavy atom. The molecule has 2 rings (SSSR count). The summed E-state index contributed by atoms with van der Waals surface area (Å²) in [5.41, 5.74) is -1.02. The number of nitrogens with zero attached hydrogens (tertiary/aromatic N) is 2. The average Bonchev–Trinajstić information content (AvgIpc) is 2.79. The van der Waals surface area contributed by atoms with E-state index in [9.17, 15) is 31.2 Å². The van der Waals surface area contributed by atoms with Gasteiger partial charge in [0.05, 0.1) is 29.6 Å². The van der Waals surface area contributed by atoms with Gasteiger partial charge < -0.3 is 15.0 Å². The van der Waals surface area contributed by atoms with Crippen LogP contribution >= 0.6 is 11.6 Å². The van der Waals surface area contributed by atoms with E-state index in [0.29, 0.717) is 21.7 Å². The lowest BCUT2D eigenvalue weighted by atomic mass is 10.1. The summed E-state index contributed by atoms with van der Waals surface area (Å²) in [5, 5.41) is 1.81. The molecule has 0 saturated carbocycles. The molecule has 0 heterocycles. The minimum atomic E-state index is -4.84. The third-order valence-corrected chi connectivity index (χ3v) is 6.62. The number of nitrogens with one attached hydrogen (secondary N) is 1. The Kier molecular flexibility index (Phi) is 9.01. The average molecular weight is 536 g/mol. The van der Waals surface area contributed by atoms with Gasteiger partial charge in [-0.2, -0.15) is 13.2 Å². The van der Waals surface area contributed by atoms with Crippen molar-refractivity contribution in [1.82, 2.24) is 10.2 Å². The molecule has 0 aromatic heterocycles.